The summed E-state index contributed by atoms with van der Waals surface area (Å²) in [6, 6.07) is 17.2. The summed E-state index contributed by atoms with van der Waals surface area (Å²) in [5, 5.41) is 2.64. The van der Waals surface area contributed by atoms with Crippen molar-refractivity contribution in [2.45, 2.75) is 0 Å². The molecule has 6 heteroatoms. The molecule has 6 nitrogen and oxygen atoms in total. The first kappa shape index (κ1) is 19.6. The molecule has 1 N–H and O–H groups in total. The molecule has 1 aliphatic rings. The number of nitrogens with zero attached hydrogens (tertiary/aromatic N) is 2. The van der Waals surface area contributed by atoms with Crippen LogP contribution in [-0.4, -0.2) is 61.4 Å². The molecule has 2 aromatic carbocycles. The lowest BCUT2D eigenvalue weighted by Gasteiger charge is -2.33. The predicted molar refractivity (Wildman–Crippen MR) is 110 cm³/mol. The molecule has 2 amide bonds. The Balaban J connectivity index is 1.46. The summed E-state index contributed by atoms with van der Waals surface area (Å²) in [5.74, 6) is -0.619. The molecule has 1 heterocycles. The van der Waals surface area contributed by atoms with Crippen LogP contribution >= 0.6 is 0 Å². The van der Waals surface area contributed by atoms with E-state index >= 15 is 0 Å². The topological polar surface area (TPSA) is 61.9 Å². The maximum absolute atomic E-state index is 12.4. The first-order chi connectivity index (χ1) is 13.7. The van der Waals surface area contributed by atoms with Gasteiger partial charge in [0.15, 0.2) is 0 Å². The minimum atomic E-state index is -0.637. The predicted octanol–water partition coefficient (Wildman–Crippen LogP) is 2.49. The normalized spacial score (nSPS) is 14.8. The van der Waals surface area contributed by atoms with Crippen molar-refractivity contribution in [2.75, 3.05) is 45.2 Å². The molecule has 1 saturated heterocycles. The first-order valence-corrected chi connectivity index (χ1v) is 9.34. The van der Waals surface area contributed by atoms with E-state index in [-0.39, 0.29) is 0 Å². The van der Waals surface area contributed by atoms with Gasteiger partial charge in [-0.05, 0) is 17.7 Å². The summed E-state index contributed by atoms with van der Waals surface area (Å²) < 4.78 is 5.20. The number of anilines is 1. The molecule has 0 saturated carbocycles. The van der Waals surface area contributed by atoms with Crippen LogP contribution in [-0.2, 0) is 9.59 Å². The number of hydrogen-bond acceptors (Lipinski definition) is 4. The third-order valence-electron chi connectivity index (χ3n) is 4.68. The molecule has 0 bridgehead atoms. The molecule has 0 radical (unpaired) electrons. The third kappa shape index (κ3) is 5.20. The number of para-hydroxylation sites is 2. The molecule has 0 spiro atoms. The van der Waals surface area contributed by atoms with Gasteiger partial charge >= 0.3 is 11.8 Å². The highest BCUT2D eigenvalue weighted by Crippen LogP contribution is 2.23. The second-order valence-electron chi connectivity index (χ2n) is 6.56. The van der Waals surface area contributed by atoms with Crippen LogP contribution in [0.3, 0.4) is 0 Å². The fraction of sp³-hybridized carbons (Fsp3) is 0.273. The van der Waals surface area contributed by atoms with Crippen LogP contribution in [0, 0.1) is 0 Å². The van der Waals surface area contributed by atoms with Crippen molar-refractivity contribution in [3.05, 3.63) is 66.2 Å². The summed E-state index contributed by atoms with van der Waals surface area (Å²) in [7, 11) is 1.53. The van der Waals surface area contributed by atoms with Gasteiger partial charge in [-0.25, -0.2) is 0 Å². The largest absolute Gasteiger partial charge is 0.495 e. The lowest BCUT2D eigenvalue weighted by atomic mass is 10.2. The summed E-state index contributed by atoms with van der Waals surface area (Å²) in [4.78, 5) is 28.6. The zero-order valence-corrected chi connectivity index (χ0v) is 16.0. The van der Waals surface area contributed by atoms with E-state index in [9.17, 15) is 9.59 Å². The Labute approximate surface area is 165 Å². The monoisotopic (exact) mass is 379 g/mol. The summed E-state index contributed by atoms with van der Waals surface area (Å²) in [6.45, 7) is 3.39. The summed E-state index contributed by atoms with van der Waals surface area (Å²) in [6.07, 6.45) is 4.22. The molecule has 1 aliphatic heterocycles. The fourth-order valence-electron chi connectivity index (χ4n) is 3.10. The Morgan fingerprint density at radius 1 is 1.00 bits per heavy atom. The van der Waals surface area contributed by atoms with E-state index in [1.165, 1.54) is 12.7 Å². The number of benzene rings is 2. The van der Waals surface area contributed by atoms with Crippen LogP contribution < -0.4 is 10.1 Å². The third-order valence-corrected chi connectivity index (χ3v) is 4.68. The number of carbonyl (C=O) groups is 2. The van der Waals surface area contributed by atoms with E-state index in [0.29, 0.717) is 24.5 Å². The van der Waals surface area contributed by atoms with E-state index in [4.69, 9.17) is 4.74 Å². The molecule has 2 aromatic rings. The Morgan fingerprint density at radius 3 is 2.39 bits per heavy atom. The summed E-state index contributed by atoms with van der Waals surface area (Å²) in [5.41, 5.74) is 1.66. The fourth-order valence-corrected chi connectivity index (χ4v) is 3.10. The minimum absolute atomic E-state index is 0.494. The van der Waals surface area contributed by atoms with Gasteiger partial charge in [0, 0.05) is 32.7 Å². The Bertz CT molecular complexity index is 828. The van der Waals surface area contributed by atoms with Gasteiger partial charge in [-0.1, -0.05) is 54.6 Å². The highest BCUT2D eigenvalue weighted by atomic mass is 16.5. The van der Waals surface area contributed by atoms with E-state index in [1.807, 2.05) is 24.3 Å². The van der Waals surface area contributed by atoms with Crippen molar-refractivity contribution in [2.24, 2.45) is 0 Å². The van der Waals surface area contributed by atoms with Gasteiger partial charge in [-0.2, -0.15) is 0 Å². The van der Waals surface area contributed by atoms with Crippen molar-refractivity contribution in [1.82, 2.24) is 9.80 Å². The number of carbonyl (C=O) groups excluding carboxylic acids is 2. The quantitative estimate of drug-likeness (QED) is 0.811. The molecular weight excluding hydrogens is 354 g/mol. The summed E-state index contributed by atoms with van der Waals surface area (Å²) >= 11 is 0. The Morgan fingerprint density at radius 2 is 1.68 bits per heavy atom. The van der Waals surface area contributed by atoms with Crippen LogP contribution in [0.1, 0.15) is 5.56 Å². The van der Waals surface area contributed by atoms with E-state index in [1.54, 1.807) is 23.1 Å². The lowest BCUT2D eigenvalue weighted by Crippen LogP contribution is -2.51. The standard InChI is InChI=1S/C22H25N3O3/c1-28-20-12-6-5-11-19(20)23-21(26)22(27)25-16-14-24(15-17-25)13-7-10-18-8-3-2-4-9-18/h2-12H,13-17H2,1H3,(H,23,26)/b10-7+. The molecule has 28 heavy (non-hydrogen) atoms. The van der Waals surface area contributed by atoms with Crippen LogP contribution in [0.15, 0.2) is 60.7 Å². The zero-order valence-electron chi connectivity index (χ0n) is 16.0. The number of nitrogens with one attached hydrogen (secondary N) is 1. The van der Waals surface area contributed by atoms with Crippen molar-refractivity contribution in [3.8, 4) is 5.75 Å². The van der Waals surface area contributed by atoms with Crippen molar-refractivity contribution >= 4 is 23.6 Å². The molecule has 0 unspecified atom stereocenters. The maximum Gasteiger partial charge on any atom is 0.314 e. The van der Waals surface area contributed by atoms with Crippen LogP contribution in [0.2, 0.25) is 0 Å². The minimum Gasteiger partial charge on any atom is -0.495 e. The highest BCUT2D eigenvalue weighted by molar-refractivity contribution is 6.39. The van der Waals surface area contributed by atoms with Gasteiger partial charge in [0.2, 0.25) is 0 Å². The molecule has 0 aromatic heterocycles. The average Bonchev–Trinajstić information content (AvgIpc) is 2.75. The van der Waals surface area contributed by atoms with Crippen LogP contribution in [0.5, 0.6) is 5.75 Å². The number of hydrogen-bond donors (Lipinski definition) is 1. The van der Waals surface area contributed by atoms with Crippen LogP contribution in [0.4, 0.5) is 5.69 Å². The number of amides is 2. The molecule has 3 rings (SSSR count). The van der Waals surface area contributed by atoms with Gasteiger partial charge in [0.05, 0.1) is 12.8 Å². The van der Waals surface area contributed by atoms with Crippen molar-refractivity contribution in [1.29, 1.82) is 0 Å². The maximum atomic E-state index is 12.4. The number of ether oxygens (including phenoxy) is 1. The van der Waals surface area contributed by atoms with Crippen molar-refractivity contribution in [3.63, 3.8) is 0 Å². The molecule has 0 aliphatic carbocycles. The number of rotatable bonds is 5. The molecule has 1 fully saturated rings. The SMILES string of the molecule is COc1ccccc1NC(=O)C(=O)N1CCN(C/C=C/c2ccccc2)CC1. The van der Waals surface area contributed by atoms with Crippen LogP contribution in [0.25, 0.3) is 6.08 Å². The van der Waals surface area contributed by atoms with Gasteiger partial charge in [-0.3, -0.25) is 14.5 Å². The van der Waals surface area contributed by atoms with Gasteiger partial charge in [-0.15, -0.1) is 0 Å². The second kappa shape index (κ2) is 9.71. The van der Waals surface area contributed by atoms with Gasteiger partial charge < -0.3 is 15.0 Å². The van der Waals surface area contributed by atoms with Gasteiger partial charge in [0.1, 0.15) is 5.75 Å². The Kier molecular flexibility index (Phi) is 6.81. The lowest BCUT2D eigenvalue weighted by molar-refractivity contribution is -0.144. The van der Waals surface area contributed by atoms with Gasteiger partial charge in [0.25, 0.3) is 0 Å². The number of piperazine rings is 1. The number of methoxy groups -OCH3 is 1. The van der Waals surface area contributed by atoms with E-state index in [0.717, 1.165) is 19.6 Å². The molecular formula is C22H25N3O3. The molecule has 146 valence electrons. The highest BCUT2D eigenvalue weighted by Gasteiger charge is 2.26. The zero-order chi connectivity index (χ0) is 19.8. The smallest absolute Gasteiger partial charge is 0.314 e. The van der Waals surface area contributed by atoms with Crippen molar-refractivity contribution < 1.29 is 14.3 Å². The Hall–Kier alpha value is -3.12. The van der Waals surface area contributed by atoms with E-state index in [2.05, 4.69) is 34.5 Å². The molecule has 0 atom stereocenters. The average molecular weight is 379 g/mol. The second-order valence-corrected chi connectivity index (χ2v) is 6.56. The first-order valence-electron chi connectivity index (χ1n) is 9.34. The van der Waals surface area contributed by atoms with E-state index < -0.39 is 11.8 Å².